The second kappa shape index (κ2) is 13.9. The minimum atomic E-state index is -0.865. The molecule has 184 valence electrons. The van der Waals surface area contributed by atoms with Gasteiger partial charge in [0, 0.05) is 12.6 Å². The zero-order chi connectivity index (χ0) is 25.1. The van der Waals surface area contributed by atoms with E-state index in [0.29, 0.717) is 6.54 Å². The summed E-state index contributed by atoms with van der Waals surface area (Å²) in [7, 11) is 0. The van der Waals surface area contributed by atoms with Gasteiger partial charge in [0.15, 0.2) is 0 Å². The molecule has 8 heteroatoms. The summed E-state index contributed by atoms with van der Waals surface area (Å²) in [4.78, 5) is 49.2. The molecule has 0 bridgehead atoms. The number of ether oxygens (including phenoxy) is 1. The number of esters is 1. The Morgan fingerprint density at radius 1 is 0.818 bits per heavy atom. The molecule has 0 unspecified atom stereocenters. The predicted molar refractivity (Wildman–Crippen MR) is 127 cm³/mol. The van der Waals surface area contributed by atoms with Gasteiger partial charge in [0.2, 0.25) is 17.5 Å². The van der Waals surface area contributed by atoms with E-state index >= 15 is 0 Å². The molecule has 1 amide bonds. The first-order chi connectivity index (χ1) is 15.4. The van der Waals surface area contributed by atoms with Crippen molar-refractivity contribution in [3.63, 3.8) is 0 Å². The third kappa shape index (κ3) is 10.3. The molecule has 0 saturated heterocycles. The largest absolute Gasteiger partial charge is 0.461 e. The first-order valence-electron chi connectivity index (χ1n) is 11.5. The number of ketones is 2. The topological polar surface area (TPSA) is 114 Å². The third-order valence-electron chi connectivity index (χ3n) is 5.06. The van der Waals surface area contributed by atoms with Crippen LogP contribution in [-0.4, -0.2) is 48.1 Å². The van der Waals surface area contributed by atoms with Crippen LogP contribution in [0.1, 0.15) is 59.6 Å². The molecule has 0 aliphatic carbocycles. The van der Waals surface area contributed by atoms with E-state index in [9.17, 15) is 19.2 Å². The summed E-state index contributed by atoms with van der Waals surface area (Å²) in [5, 5.41) is 8.75. The predicted octanol–water partition coefficient (Wildman–Crippen LogP) is 2.14. The molecule has 0 aromatic heterocycles. The van der Waals surface area contributed by atoms with Gasteiger partial charge >= 0.3 is 5.97 Å². The fraction of sp³-hybridized carbons (Fsp3) is 0.600. The molecule has 2 atom stereocenters. The molecular weight excluding hydrogens is 422 g/mol. The monoisotopic (exact) mass is 461 g/mol. The van der Waals surface area contributed by atoms with Crippen molar-refractivity contribution in [1.82, 2.24) is 16.0 Å². The third-order valence-corrected chi connectivity index (χ3v) is 5.06. The van der Waals surface area contributed by atoms with Crippen molar-refractivity contribution >= 4 is 23.4 Å². The standard InChI is InChI=1S/C25H39N3O5/c1-15(2)22(28-21(29)13-26-17(5)6)24(31)23(30)18(7)27-12-19-8-10-20(11-9-19)14-33-25(32)16(3)4/h8-11,15-18,22,26-27H,12-14H2,1-7H3,(H,28,29)/t18-,22-/m0/s1. The van der Waals surface area contributed by atoms with Crippen molar-refractivity contribution in [3.05, 3.63) is 35.4 Å². The van der Waals surface area contributed by atoms with Crippen LogP contribution in [0.4, 0.5) is 0 Å². The van der Waals surface area contributed by atoms with E-state index in [1.165, 1.54) is 0 Å². The molecule has 0 aliphatic heterocycles. The molecule has 1 rings (SSSR count). The maximum absolute atomic E-state index is 12.8. The number of hydrogen-bond acceptors (Lipinski definition) is 7. The van der Waals surface area contributed by atoms with Crippen LogP contribution in [0.25, 0.3) is 0 Å². The smallest absolute Gasteiger partial charge is 0.308 e. The Balaban J connectivity index is 2.60. The highest BCUT2D eigenvalue weighted by atomic mass is 16.5. The van der Waals surface area contributed by atoms with Gasteiger partial charge in [-0.2, -0.15) is 0 Å². The highest BCUT2D eigenvalue weighted by molar-refractivity contribution is 6.41. The van der Waals surface area contributed by atoms with Crippen LogP contribution >= 0.6 is 0 Å². The van der Waals surface area contributed by atoms with Crippen molar-refractivity contribution in [2.24, 2.45) is 11.8 Å². The summed E-state index contributed by atoms with van der Waals surface area (Å²) in [6.45, 7) is 13.3. The lowest BCUT2D eigenvalue weighted by atomic mass is 9.94. The number of carbonyl (C=O) groups excluding carboxylic acids is 4. The van der Waals surface area contributed by atoms with Crippen molar-refractivity contribution in [3.8, 4) is 0 Å². The Morgan fingerprint density at radius 3 is 1.91 bits per heavy atom. The number of amides is 1. The molecular formula is C25H39N3O5. The summed E-state index contributed by atoms with van der Waals surface area (Å²) in [6.07, 6.45) is 0. The van der Waals surface area contributed by atoms with Gasteiger partial charge in [0.05, 0.1) is 24.5 Å². The van der Waals surface area contributed by atoms with Crippen molar-refractivity contribution in [2.45, 2.75) is 79.7 Å². The summed E-state index contributed by atoms with van der Waals surface area (Å²) < 4.78 is 5.21. The van der Waals surface area contributed by atoms with Gasteiger partial charge in [0.1, 0.15) is 6.61 Å². The van der Waals surface area contributed by atoms with Crippen LogP contribution in [0.3, 0.4) is 0 Å². The second-order valence-electron chi connectivity index (χ2n) is 9.23. The Morgan fingerprint density at radius 2 is 1.39 bits per heavy atom. The number of nitrogens with one attached hydrogen (secondary N) is 3. The van der Waals surface area contributed by atoms with Gasteiger partial charge in [-0.1, -0.05) is 65.8 Å². The maximum atomic E-state index is 12.8. The van der Waals surface area contributed by atoms with Crippen LogP contribution in [0.15, 0.2) is 24.3 Å². The van der Waals surface area contributed by atoms with E-state index in [1.54, 1.807) is 34.6 Å². The average Bonchev–Trinajstić information content (AvgIpc) is 2.77. The van der Waals surface area contributed by atoms with Crippen LogP contribution in [0, 0.1) is 11.8 Å². The quantitative estimate of drug-likeness (QED) is 0.287. The van der Waals surface area contributed by atoms with Gasteiger partial charge in [-0.25, -0.2) is 0 Å². The lowest BCUT2D eigenvalue weighted by Crippen LogP contribution is -2.52. The molecule has 0 saturated carbocycles. The van der Waals surface area contributed by atoms with Crippen molar-refractivity contribution in [1.29, 1.82) is 0 Å². The minimum absolute atomic E-state index is 0.0861. The van der Waals surface area contributed by atoms with Crippen LogP contribution in [0.5, 0.6) is 0 Å². The normalized spacial score (nSPS) is 13.2. The molecule has 1 aromatic rings. The molecule has 3 N–H and O–H groups in total. The zero-order valence-corrected chi connectivity index (χ0v) is 20.9. The molecule has 0 spiro atoms. The number of rotatable bonds is 14. The molecule has 8 nitrogen and oxygen atoms in total. The molecule has 33 heavy (non-hydrogen) atoms. The zero-order valence-electron chi connectivity index (χ0n) is 20.9. The van der Waals surface area contributed by atoms with E-state index in [0.717, 1.165) is 11.1 Å². The lowest BCUT2D eigenvalue weighted by molar-refractivity contribution is -0.148. The Labute approximate surface area is 197 Å². The summed E-state index contributed by atoms with van der Waals surface area (Å²) in [5.74, 6) is -2.12. The van der Waals surface area contributed by atoms with Crippen molar-refractivity contribution < 1.29 is 23.9 Å². The minimum Gasteiger partial charge on any atom is -0.461 e. The molecule has 0 heterocycles. The van der Waals surface area contributed by atoms with Gasteiger partial charge in [-0.05, 0) is 24.0 Å². The number of benzene rings is 1. The van der Waals surface area contributed by atoms with Gasteiger partial charge < -0.3 is 20.7 Å². The number of hydrogen-bond donors (Lipinski definition) is 3. The Bertz CT molecular complexity index is 803. The summed E-state index contributed by atoms with van der Waals surface area (Å²) >= 11 is 0. The average molecular weight is 462 g/mol. The highest BCUT2D eigenvalue weighted by Crippen LogP contribution is 2.09. The molecule has 1 aromatic carbocycles. The van der Waals surface area contributed by atoms with Crippen LogP contribution in [-0.2, 0) is 37.1 Å². The second-order valence-corrected chi connectivity index (χ2v) is 9.23. The Hall–Kier alpha value is -2.58. The fourth-order valence-corrected chi connectivity index (χ4v) is 2.86. The van der Waals surface area contributed by atoms with E-state index < -0.39 is 23.7 Å². The van der Waals surface area contributed by atoms with Crippen LogP contribution in [0.2, 0.25) is 0 Å². The van der Waals surface area contributed by atoms with Gasteiger partial charge in [-0.15, -0.1) is 0 Å². The van der Waals surface area contributed by atoms with Crippen molar-refractivity contribution in [2.75, 3.05) is 6.54 Å². The van der Waals surface area contributed by atoms with E-state index in [-0.39, 0.29) is 42.9 Å². The van der Waals surface area contributed by atoms with E-state index in [2.05, 4.69) is 16.0 Å². The van der Waals surface area contributed by atoms with E-state index in [1.807, 2.05) is 38.1 Å². The summed E-state index contributed by atoms with van der Waals surface area (Å²) in [5.41, 5.74) is 1.80. The SMILES string of the molecule is CC(C)NCC(=O)N[C@H](C(=O)C(=O)[C@H](C)NCc1ccc(COC(=O)C(C)C)cc1)C(C)C. The molecule has 0 fully saturated rings. The Kier molecular flexibility index (Phi) is 11.9. The number of Topliss-reactive ketones (excluding diaryl/α,β-unsaturated/α-hetero) is 2. The lowest BCUT2D eigenvalue weighted by Gasteiger charge is -2.23. The number of carbonyl (C=O) groups is 4. The first kappa shape index (κ1) is 28.5. The fourth-order valence-electron chi connectivity index (χ4n) is 2.86. The van der Waals surface area contributed by atoms with Gasteiger partial charge in [-0.3, -0.25) is 19.2 Å². The van der Waals surface area contributed by atoms with Gasteiger partial charge in [0.25, 0.3) is 0 Å². The molecule has 0 radical (unpaired) electrons. The van der Waals surface area contributed by atoms with E-state index in [4.69, 9.17) is 4.74 Å². The summed E-state index contributed by atoms with van der Waals surface area (Å²) in [6, 6.07) is 6.05. The first-order valence-corrected chi connectivity index (χ1v) is 11.5. The maximum Gasteiger partial charge on any atom is 0.308 e. The molecule has 0 aliphatic rings. The van der Waals surface area contributed by atoms with Crippen LogP contribution < -0.4 is 16.0 Å². The highest BCUT2D eigenvalue weighted by Gasteiger charge is 2.31.